The SMILES string of the molecule is COc1cccc(C=O)c1OCC1CCOC1. The molecule has 0 amide bonds. The van der Waals surface area contributed by atoms with Crippen LogP contribution in [0.15, 0.2) is 18.2 Å². The third-order valence-electron chi connectivity index (χ3n) is 2.84. The summed E-state index contributed by atoms with van der Waals surface area (Å²) in [5.74, 6) is 1.52. The first-order valence-corrected chi connectivity index (χ1v) is 5.68. The minimum absolute atomic E-state index is 0.402. The van der Waals surface area contributed by atoms with Crippen LogP contribution in [0.5, 0.6) is 11.5 Å². The number of carbonyl (C=O) groups is 1. The van der Waals surface area contributed by atoms with Crippen molar-refractivity contribution in [3.05, 3.63) is 23.8 Å². The highest BCUT2D eigenvalue weighted by Crippen LogP contribution is 2.30. The van der Waals surface area contributed by atoms with Gasteiger partial charge in [-0.1, -0.05) is 6.07 Å². The van der Waals surface area contributed by atoms with E-state index in [2.05, 4.69) is 0 Å². The number of para-hydroxylation sites is 1. The highest BCUT2D eigenvalue weighted by molar-refractivity contribution is 5.81. The number of hydrogen-bond acceptors (Lipinski definition) is 4. The van der Waals surface area contributed by atoms with Gasteiger partial charge in [-0.25, -0.2) is 0 Å². The Hall–Kier alpha value is -1.55. The third-order valence-corrected chi connectivity index (χ3v) is 2.84. The minimum Gasteiger partial charge on any atom is -0.493 e. The lowest BCUT2D eigenvalue weighted by Gasteiger charge is -2.14. The maximum Gasteiger partial charge on any atom is 0.171 e. The molecule has 1 heterocycles. The van der Waals surface area contributed by atoms with Crippen molar-refractivity contribution >= 4 is 6.29 Å². The lowest BCUT2D eigenvalue weighted by Crippen LogP contribution is -2.13. The zero-order chi connectivity index (χ0) is 12.1. The molecule has 1 saturated heterocycles. The first-order valence-electron chi connectivity index (χ1n) is 5.68. The summed E-state index contributed by atoms with van der Waals surface area (Å²) in [5.41, 5.74) is 0.517. The van der Waals surface area contributed by atoms with E-state index >= 15 is 0 Å². The van der Waals surface area contributed by atoms with E-state index in [4.69, 9.17) is 14.2 Å². The second kappa shape index (κ2) is 5.68. The van der Waals surface area contributed by atoms with Crippen molar-refractivity contribution in [3.63, 3.8) is 0 Å². The van der Waals surface area contributed by atoms with Gasteiger partial charge >= 0.3 is 0 Å². The van der Waals surface area contributed by atoms with Gasteiger partial charge in [0.2, 0.25) is 0 Å². The van der Waals surface area contributed by atoms with Gasteiger partial charge in [-0.3, -0.25) is 4.79 Å². The summed E-state index contributed by atoms with van der Waals surface area (Å²) in [6.45, 7) is 2.08. The highest BCUT2D eigenvalue weighted by Gasteiger charge is 2.18. The average Bonchev–Trinajstić information content (AvgIpc) is 2.88. The van der Waals surface area contributed by atoms with E-state index in [0.29, 0.717) is 29.6 Å². The van der Waals surface area contributed by atoms with Crippen molar-refractivity contribution in [1.82, 2.24) is 0 Å². The van der Waals surface area contributed by atoms with E-state index < -0.39 is 0 Å². The van der Waals surface area contributed by atoms with Crippen LogP contribution in [0.2, 0.25) is 0 Å². The molecule has 1 unspecified atom stereocenters. The largest absolute Gasteiger partial charge is 0.493 e. The fraction of sp³-hybridized carbons (Fsp3) is 0.462. The molecule has 1 aliphatic heterocycles. The van der Waals surface area contributed by atoms with Crippen molar-refractivity contribution in [1.29, 1.82) is 0 Å². The molecular formula is C13H16O4. The molecule has 17 heavy (non-hydrogen) atoms. The molecule has 0 radical (unpaired) electrons. The molecule has 0 spiro atoms. The number of rotatable bonds is 5. The Balaban J connectivity index is 2.09. The highest BCUT2D eigenvalue weighted by atomic mass is 16.5. The molecule has 92 valence electrons. The molecule has 1 aromatic rings. The Morgan fingerprint density at radius 3 is 3.06 bits per heavy atom. The van der Waals surface area contributed by atoms with Crippen molar-refractivity contribution in [2.75, 3.05) is 26.9 Å². The summed E-state index contributed by atoms with van der Waals surface area (Å²) in [4.78, 5) is 10.9. The van der Waals surface area contributed by atoms with E-state index in [1.54, 1.807) is 25.3 Å². The van der Waals surface area contributed by atoms with Gasteiger partial charge in [0.1, 0.15) is 0 Å². The van der Waals surface area contributed by atoms with Gasteiger partial charge in [0.05, 0.1) is 25.9 Å². The fourth-order valence-electron chi connectivity index (χ4n) is 1.86. The molecule has 1 atom stereocenters. The molecular weight excluding hydrogens is 220 g/mol. The Morgan fingerprint density at radius 1 is 1.53 bits per heavy atom. The summed E-state index contributed by atoms with van der Waals surface area (Å²) in [5, 5.41) is 0. The van der Waals surface area contributed by atoms with Gasteiger partial charge in [0.25, 0.3) is 0 Å². The topological polar surface area (TPSA) is 44.8 Å². The fourth-order valence-corrected chi connectivity index (χ4v) is 1.86. The normalized spacial score (nSPS) is 19.0. The second-order valence-corrected chi connectivity index (χ2v) is 4.04. The summed E-state index contributed by atoms with van der Waals surface area (Å²) in [7, 11) is 1.56. The van der Waals surface area contributed by atoms with Crippen LogP contribution in [0, 0.1) is 5.92 Å². The maximum absolute atomic E-state index is 10.9. The minimum atomic E-state index is 0.402. The number of hydrogen-bond donors (Lipinski definition) is 0. The number of benzene rings is 1. The van der Waals surface area contributed by atoms with Crippen molar-refractivity contribution in [2.45, 2.75) is 6.42 Å². The summed E-state index contributed by atoms with van der Waals surface area (Å²) < 4.78 is 16.2. The van der Waals surface area contributed by atoms with Gasteiger partial charge in [0.15, 0.2) is 17.8 Å². The number of aldehydes is 1. The van der Waals surface area contributed by atoms with Crippen LogP contribution in [0.1, 0.15) is 16.8 Å². The quantitative estimate of drug-likeness (QED) is 0.733. The van der Waals surface area contributed by atoms with Gasteiger partial charge in [0, 0.05) is 12.5 Å². The van der Waals surface area contributed by atoms with Crippen LogP contribution in [-0.4, -0.2) is 33.2 Å². The Labute approximate surface area is 100 Å². The Kier molecular flexibility index (Phi) is 3.98. The summed E-state index contributed by atoms with van der Waals surface area (Å²) >= 11 is 0. The molecule has 1 aromatic carbocycles. The predicted octanol–water partition coefficient (Wildman–Crippen LogP) is 1.92. The third kappa shape index (κ3) is 2.77. The Morgan fingerprint density at radius 2 is 2.41 bits per heavy atom. The molecule has 4 nitrogen and oxygen atoms in total. The van der Waals surface area contributed by atoms with E-state index in [-0.39, 0.29) is 0 Å². The molecule has 1 aliphatic rings. The standard InChI is InChI=1S/C13H16O4/c1-15-12-4-2-3-11(7-14)13(12)17-9-10-5-6-16-8-10/h2-4,7,10H,5-6,8-9H2,1H3. The molecule has 0 aromatic heterocycles. The number of carbonyl (C=O) groups excluding carboxylic acids is 1. The van der Waals surface area contributed by atoms with Crippen LogP contribution in [-0.2, 0) is 4.74 Å². The van der Waals surface area contributed by atoms with Crippen molar-refractivity contribution < 1.29 is 19.0 Å². The lowest BCUT2D eigenvalue weighted by molar-refractivity contribution is 0.111. The van der Waals surface area contributed by atoms with Crippen LogP contribution in [0.25, 0.3) is 0 Å². The zero-order valence-corrected chi connectivity index (χ0v) is 9.85. The van der Waals surface area contributed by atoms with Gasteiger partial charge < -0.3 is 14.2 Å². The smallest absolute Gasteiger partial charge is 0.171 e. The van der Waals surface area contributed by atoms with E-state index in [0.717, 1.165) is 25.9 Å². The lowest BCUT2D eigenvalue weighted by atomic mass is 10.1. The molecule has 0 saturated carbocycles. The predicted molar refractivity (Wildman–Crippen MR) is 62.8 cm³/mol. The first-order chi connectivity index (χ1) is 8.35. The van der Waals surface area contributed by atoms with Gasteiger partial charge in [-0.15, -0.1) is 0 Å². The van der Waals surface area contributed by atoms with Crippen molar-refractivity contribution in [2.24, 2.45) is 5.92 Å². The average molecular weight is 236 g/mol. The molecule has 1 fully saturated rings. The summed E-state index contributed by atoms with van der Waals surface area (Å²) in [6.07, 6.45) is 1.79. The summed E-state index contributed by atoms with van der Waals surface area (Å²) in [6, 6.07) is 5.28. The molecule has 0 aliphatic carbocycles. The van der Waals surface area contributed by atoms with Crippen LogP contribution >= 0.6 is 0 Å². The molecule has 2 rings (SSSR count). The maximum atomic E-state index is 10.9. The van der Waals surface area contributed by atoms with E-state index in [1.807, 2.05) is 0 Å². The van der Waals surface area contributed by atoms with Crippen LogP contribution in [0.3, 0.4) is 0 Å². The second-order valence-electron chi connectivity index (χ2n) is 4.04. The first kappa shape index (κ1) is 11.9. The van der Waals surface area contributed by atoms with Crippen LogP contribution in [0.4, 0.5) is 0 Å². The molecule has 4 heteroatoms. The van der Waals surface area contributed by atoms with Crippen LogP contribution < -0.4 is 9.47 Å². The van der Waals surface area contributed by atoms with E-state index in [1.165, 1.54) is 0 Å². The molecule has 0 N–H and O–H groups in total. The monoisotopic (exact) mass is 236 g/mol. The van der Waals surface area contributed by atoms with Gasteiger partial charge in [-0.05, 0) is 18.6 Å². The van der Waals surface area contributed by atoms with Gasteiger partial charge in [-0.2, -0.15) is 0 Å². The zero-order valence-electron chi connectivity index (χ0n) is 9.85. The van der Waals surface area contributed by atoms with E-state index in [9.17, 15) is 4.79 Å². The number of ether oxygens (including phenoxy) is 3. The Bertz CT molecular complexity index is 383. The molecule has 0 bridgehead atoms. The van der Waals surface area contributed by atoms with Crippen molar-refractivity contribution in [3.8, 4) is 11.5 Å². The number of methoxy groups -OCH3 is 1.